The van der Waals surface area contributed by atoms with Crippen LogP contribution in [0.15, 0.2) is 22.8 Å². The molecule has 84 valence electrons. The largest absolute Gasteiger partial charge is 0.370 e. The van der Waals surface area contributed by atoms with Crippen molar-refractivity contribution in [2.75, 3.05) is 11.9 Å². The Morgan fingerprint density at radius 2 is 2.07 bits per heavy atom. The molecule has 0 aliphatic rings. The summed E-state index contributed by atoms with van der Waals surface area (Å²) >= 11 is 3.36. The van der Waals surface area contributed by atoms with Crippen molar-refractivity contribution in [3.05, 3.63) is 22.8 Å². The van der Waals surface area contributed by atoms with Crippen LogP contribution in [0.1, 0.15) is 27.7 Å². The molecule has 0 amide bonds. The zero-order valence-electron chi connectivity index (χ0n) is 9.84. The summed E-state index contributed by atoms with van der Waals surface area (Å²) in [6, 6.07) is 5.90. The molecule has 1 heterocycles. The number of rotatable bonds is 3. The minimum absolute atomic E-state index is 0.332. The number of nitrogens with one attached hydrogen (secondary N) is 1. The van der Waals surface area contributed by atoms with Crippen LogP contribution in [-0.2, 0) is 0 Å². The Kier molecular flexibility index (Phi) is 4.14. The minimum atomic E-state index is 0.332. The summed E-state index contributed by atoms with van der Waals surface area (Å²) in [5.41, 5.74) is 0.332. The Morgan fingerprint density at radius 1 is 1.40 bits per heavy atom. The first-order valence-corrected chi connectivity index (χ1v) is 6.05. The maximum absolute atomic E-state index is 4.33. The van der Waals surface area contributed by atoms with E-state index in [1.54, 1.807) is 0 Å². The lowest BCUT2D eigenvalue weighted by molar-refractivity contribution is 0.274. The summed E-state index contributed by atoms with van der Waals surface area (Å²) in [4.78, 5) is 4.33. The van der Waals surface area contributed by atoms with Gasteiger partial charge in [-0.3, -0.25) is 0 Å². The molecule has 0 radical (unpaired) electrons. The normalized spacial score (nSPS) is 13.7. The second kappa shape index (κ2) is 4.97. The van der Waals surface area contributed by atoms with Gasteiger partial charge in [0.15, 0.2) is 0 Å². The van der Waals surface area contributed by atoms with Gasteiger partial charge in [0, 0.05) is 6.54 Å². The number of halogens is 1. The highest BCUT2D eigenvalue weighted by molar-refractivity contribution is 9.10. The number of hydrogen-bond donors (Lipinski definition) is 1. The summed E-state index contributed by atoms with van der Waals surface area (Å²) < 4.78 is 0.871. The van der Waals surface area contributed by atoms with Crippen LogP contribution >= 0.6 is 15.9 Å². The predicted octanol–water partition coefficient (Wildman–Crippen LogP) is 3.94. The maximum Gasteiger partial charge on any atom is 0.127 e. The van der Waals surface area contributed by atoms with Gasteiger partial charge < -0.3 is 5.32 Å². The first-order valence-electron chi connectivity index (χ1n) is 5.26. The molecule has 0 saturated carbocycles. The Balaban J connectivity index is 2.51. The molecule has 2 nitrogen and oxygen atoms in total. The Labute approximate surface area is 101 Å². The summed E-state index contributed by atoms with van der Waals surface area (Å²) in [6.45, 7) is 9.98. The molecule has 0 fully saturated rings. The second-order valence-electron chi connectivity index (χ2n) is 4.99. The van der Waals surface area contributed by atoms with E-state index in [0.717, 1.165) is 17.0 Å². The van der Waals surface area contributed by atoms with Crippen LogP contribution in [0.5, 0.6) is 0 Å². The lowest BCUT2D eigenvalue weighted by Crippen LogP contribution is -2.25. The molecule has 0 spiro atoms. The highest BCUT2D eigenvalue weighted by Crippen LogP contribution is 2.25. The first-order chi connectivity index (χ1) is 6.89. The molecule has 1 aromatic heterocycles. The van der Waals surface area contributed by atoms with E-state index in [0.29, 0.717) is 11.3 Å². The lowest BCUT2D eigenvalue weighted by atomic mass is 9.82. The summed E-state index contributed by atoms with van der Waals surface area (Å²) in [5.74, 6) is 1.54. The SMILES string of the molecule is CC(CNc1cccc(Br)n1)C(C)(C)C. The third-order valence-electron chi connectivity index (χ3n) is 2.78. The molecule has 1 unspecified atom stereocenters. The molecule has 1 aromatic rings. The summed E-state index contributed by atoms with van der Waals surface area (Å²) in [7, 11) is 0. The molecule has 0 aliphatic carbocycles. The van der Waals surface area contributed by atoms with Gasteiger partial charge in [0.25, 0.3) is 0 Å². The van der Waals surface area contributed by atoms with Crippen molar-refractivity contribution < 1.29 is 0 Å². The zero-order valence-corrected chi connectivity index (χ0v) is 11.4. The summed E-state index contributed by atoms with van der Waals surface area (Å²) in [5, 5.41) is 3.35. The molecule has 0 aromatic carbocycles. The van der Waals surface area contributed by atoms with Crippen molar-refractivity contribution in [3.63, 3.8) is 0 Å². The van der Waals surface area contributed by atoms with Gasteiger partial charge in [0.1, 0.15) is 10.4 Å². The van der Waals surface area contributed by atoms with E-state index in [4.69, 9.17) is 0 Å². The highest BCUT2D eigenvalue weighted by atomic mass is 79.9. The summed E-state index contributed by atoms with van der Waals surface area (Å²) in [6.07, 6.45) is 0. The number of nitrogens with zero attached hydrogens (tertiary/aromatic N) is 1. The van der Waals surface area contributed by atoms with E-state index in [1.165, 1.54) is 0 Å². The molecular weight excluding hydrogens is 252 g/mol. The number of hydrogen-bond acceptors (Lipinski definition) is 2. The van der Waals surface area contributed by atoms with Crippen LogP contribution in [0.4, 0.5) is 5.82 Å². The second-order valence-corrected chi connectivity index (χ2v) is 5.81. The van der Waals surface area contributed by atoms with Gasteiger partial charge in [0.2, 0.25) is 0 Å². The fourth-order valence-electron chi connectivity index (χ4n) is 1.07. The average Bonchev–Trinajstić information content (AvgIpc) is 2.12. The van der Waals surface area contributed by atoms with E-state index in [9.17, 15) is 0 Å². The fraction of sp³-hybridized carbons (Fsp3) is 0.583. The number of pyridine rings is 1. The van der Waals surface area contributed by atoms with E-state index in [2.05, 4.69) is 53.9 Å². The quantitative estimate of drug-likeness (QED) is 0.842. The molecular formula is C12H19BrN2. The lowest BCUT2D eigenvalue weighted by Gasteiger charge is -2.27. The van der Waals surface area contributed by atoms with Gasteiger partial charge in [0.05, 0.1) is 0 Å². The van der Waals surface area contributed by atoms with Crippen molar-refractivity contribution in [1.29, 1.82) is 0 Å². The van der Waals surface area contributed by atoms with E-state index < -0.39 is 0 Å². The number of anilines is 1. The fourth-order valence-corrected chi connectivity index (χ4v) is 1.41. The maximum atomic E-state index is 4.33. The van der Waals surface area contributed by atoms with Gasteiger partial charge in [-0.2, -0.15) is 0 Å². The van der Waals surface area contributed by atoms with Crippen LogP contribution in [0.3, 0.4) is 0 Å². The van der Waals surface area contributed by atoms with Gasteiger partial charge in [-0.15, -0.1) is 0 Å². The predicted molar refractivity (Wildman–Crippen MR) is 69.0 cm³/mol. The van der Waals surface area contributed by atoms with Gasteiger partial charge >= 0.3 is 0 Å². The van der Waals surface area contributed by atoms with Gasteiger partial charge in [-0.25, -0.2) is 4.98 Å². The molecule has 0 aliphatic heterocycles. The van der Waals surface area contributed by atoms with Crippen molar-refractivity contribution in [2.24, 2.45) is 11.3 Å². The van der Waals surface area contributed by atoms with Crippen LogP contribution < -0.4 is 5.32 Å². The molecule has 1 rings (SSSR count). The van der Waals surface area contributed by atoms with E-state index in [1.807, 2.05) is 18.2 Å². The molecule has 1 N–H and O–H groups in total. The van der Waals surface area contributed by atoms with Crippen LogP contribution in [0.25, 0.3) is 0 Å². The van der Waals surface area contributed by atoms with Crippen molar-refractivity contribution in [3.8, 4) is 0 Å². The molecule has 3 heteroatoms. The van der Waals surface area contributed by atoms with Crippen LogP contribution in [0.2, 0.25) is 0 Å². The van der Waals surface area contributed by atoms with Crippen molar-refractivity contribution >= 4 is 21.7 Å². The van der Waals surface area contributed by atoms with Crippen molar-refractivity contribution in [2.45, 2.75) is 27.7 Å². The Morgan fingerprint density at radius 3 is 2.60 bits per heavy atom. The Bertz CT molecular complexity index is 318. The van der Waals surface area contributed by atoms with Crippen LogP contribution in [-0.4, -0.2) is 11.5 Å². The molecule has 0 bridgehead atoms. The number of aromatic nitrogens is 1. The smallest absolute Gasteiger partial charge is 0.127 e. The van der Waals surface area contributed by atoms with E-state index >= 15 is 0 Å². The first kappa shape index (κ1) is 12.5. The zero-order chi connectivity index (χ0) is 11.5. The minimum Gasteiger partial charge on any atom is -0.370 e. The molecule has 1 atom stereocenters. The van der Waals surface area contributed by atoms with Gasteiger partial charge in [-0.1, -0.05) is 33.8 Å². The highest BCUT2D eigenvalue weighted by Gasteiger charge is 2.19. The van der Waals surface area contributed by atoms with Gasteiger partial charge in [-0.05, 0) is 39.4 Å². The van der Waals surface area contributed by atoms with E-state index in [-0.39, 0.29) is 0 Å². The average molecular weight is 271 g/mol. The third kappa shape index (κ3) is 4.20. The third-order valence-corrected chi connectivity index (χ3v) is 3.22. The standard InChI is InChI=1S/C12H19BrN2/c1-9(12(2,3)4)8-14-11-7-5-6-10(13)15-11/h5-7,9H,8H2,1-4H3,(H,14,15). The van der Waals surface area contributed by atoms with Crippen LogP contribution in [0, 0.1) is 11.3 Å². The van der Waals surface area contributed by atoms with Crippen molar-refractivity contribution in [1.82, 2.24) is 4.98 Å². The Hall–Kier alpha value is -0.570. The monoisotopic (exact) mass is 270 g/mol. The molecule has 15 heavy (non-hydrogen) atoms. The molecule has 0 saturated heterocycles. The topological polar surface area (TPSA) is 24.9 Å².